The number of aliphatic hydroxyl groups excluding tert-OH is 1. The van der Waals surface area contributed by atoms with Crippen LogP contribution in [0.25, 0.3) is 12.2 Å². The third kappa shape index (κ3) is 8.92. The predicted octanol–water partition coefficient (Wildman–Crippen LogP) is 7.63. The van der Waals surface area contributed by atoms with Crippen LogP contribution in [0.15, 0.2) is 98.3 Å². The molecule has 4 rings (SSSR count). The summed E-state index contributed by atoms with van der Waals surface area (Å²) >= 11 is 0. The molecule has 0 atom stereocenters. The fraction of sp³-hybridized carbons (Fsp3) is 0.257. The van der Waals surface area contributed by atoms with Gasteiger partial charge in [-0.1, -0.05) is 73.8 Å². The number of hydrogen-bond donors (Lipinski definition) is 1. The van der Waals surface area contributed by atoms with Crippen LogP contribution in [0.1, 0.15) is 59.3 Å². The smallest absolute Gasteiger partial charge is 0.141 e. The second-order valence-electron chi connectivity index (χ2n) is 9.80. The van der Waals surface area contributed by atoms with Crippen LogP contribution < -0.4 is 9.47 Å². The largest absolute Gasteiger partial charge is 0.487 e. The third-order valence-corrected chi connectivity index (χ3v) is 6.82. The van der Waals surface area contributed by atoms with Gasteiger partial charge in [0.2, 0.25) is 0 Å². The summed E-state index contributed by atoms with van der Waals surface area (Å²) < 4.78 is 12.1. The second-order valence-corrected chi connectivity index (χ2v) is 9.80. The molecule has 0 bridgehead atoms. The minimum absolute atomic E-state index is 0.368. The Hall–Kier alpha value is -4.22. The van der Waals surface area contributed by atoms with E-state index in [-0.39, 0.29) is 6.10 Å². The average molecular weight is 535 g/mol. The van der Waals surface area contributed by atoms with Gasteiger partial charge in [-0.3, -0.25) is 9.97 Å². The highest BCUT2D eigenvalue weighted by atomic mass is 16.5. The zero-order chi connectivity index (χ0) is 28.0. The molecule has 0 unspecified atom stereocenters. The maximum atomic E-state index is 10.6. The van der Waals surface area contributed by atoms with Crippen LogP contribution in [0.5, 0.6) is 11.5 Å². The monoisotopic (exact) mass is 534 g/mol. The van der Waals surface area contributed by atoms with E-state index in [4.69, 9.17) is 9.47 Å². The molecule has 2 heterocycles. The number of nitrogens with zero attached hydrogens (tertiary/aromatic N) is 2. The Morgan fingerprint density at radius 3 is 1.48 bits per heavy atom. The predicted molar refractivity (Wildman–Crippen MR) is 162 cm³/mol. The highest BCUT2D eigenvalue weighted by Crippen LogP contribution is 2.22. The Kier molecular flexibility index (Phi) is 11.1. The summed E-state index contributed by atoms with van der Waals surface area (Å²) in [7, 11) is 0. The Balaban J connectivity index is 1.19. The first kappa shape index (κ1) is 28.8. The molecule has 2 aromatic carbocycles. The van der Waals surface area contributed by atoms with Gasteiger partial charge in [-0.25, -0.2) is 0 Å². The van der Waals surface area contributed by atoms with E-state index in [2.05, 4.69) is 23.1 Å². The van der Waals surface area contributed by atoms with E-state index in [0.717, 1.165) is 70.8 Å². The fourth-order valence-electron chi connectivity index (χ4n) is 4.46. The Bertz CT molecular complexity index is 1240. The zero-order valence-corrected chi connectivity index (χ0v) is 23.0. The van der Waals surface area contributed by atoms with Gasteiger partial charge < -0.3 is 14.6 Å². The minimum Gasteiger partial charge on any atom is -0.487 e. The van der Waals surface area contributed by atoms with Crippen molar-refractivity contribution in [3.05, 3.63) is 132 Å². The van der Waals surface area contributed by atoms with E-state index in [9.17, 15) is 5.11 Å². The second kappa shape index (κ2) is 15.4. The van der Waals surface area contributed by atoms with Crippen molar-refractivity contribution in [2.24, 2.45) is 0 Å². The molecule has 40 heavy (non-hydrogen) atoms. The van der Waals surface area contributed by atoms with Crippen LogP contribution in [0, 0.1) is 0 Å². The van der Waals surface area contributed by atoms with Gasteiger partial charge in [0.15, 0.2) is 0 Å². The maximum Gasteiger partial charge on any atom is 0.141 e. The first-order valence-corrected chi connectivity index (χ1v) is 13.9. The highest BCUT2D eigenvalue weighted by Gasteiger charge is 2.11. The average Bonchev–Trinajstić information content (AvgIpc) is 3.00. The SMILES string of the molecule is C=Cc1ccc(COc2cccnc2CCCC(O)CCCc2ncccc2OCc2ccc(C=C)cc2)cc1. The Morgan fingerprint density at radius 2 is 1.07 bits per heavy atom. The quantitative estimate of drug-likeness (QED) is 0.160. The number of ether oxygens (including phenoxy) is 2. The molecule has 5 nitrogen and oxygen atoms in total. The molecule has 0 spiro atoms. The van der Waals surface area contributed by atoms with Gasteiger partial charge in [0.05, 0.1) is 17.5 Å². The number of aliphatic hydroxyl groups is 1. The summed E-state index contributed by atoms with van der Waals surface area (Å²) in [5.74, 6) is 1.59. The first-order chi connectivity index (χ1) is 19.6. The molecule has 2 aromatic heterocycles. The summed E-state index contributed by atoms with van der Waals surface area (Å²) in [5.41, 5.74) is 6.21. The number of benzene rings is 2. The number of rotatable bonds is 16. The van der Waals surface area contributed by atoms with Crippen molar-refractivity contribution in [1.82, 2.24) is 9.97 Å². The summed E-state index contributed by atoms with van der Waals surface area (Å²) in [4.78, 5) is 9.06. The molecule has 0 radical (unpaired) electrons. The molecular weight excluding hydrogens is 496 g/mol. The van der Waals surface area contributed by atoms with Gasteiger partial charge in [-0.05, 0) is 85.0 Å². The van der Waals surface area contributed by atoms with E-state index in [0.29, 0.717) is 26.1 Å². The molecule has 0 aliphatic carbocycles. The van der Waals surface area contributed by atoms with Crippen molar-refractivity contribution in [3.63, 3.8) is 0 Å². The Morgan fingerprint density at radius 1 is 0.650 bits per heavy atom. The van der Waals surface area contributed by atoms with E-state index in [1.807, 2.05) is 84.9 Å². The van der Waals surface area contributed by atoms with Crippen LogP contribution in [0.3, 0.4) is 0 Å². The number of aromatic nitrogens is 2. The van der Waals surface area contributed by atoms with Gasteiger partial charge in [0.1, 0.15) is 24.7 Å². The molecule has 0 aliphatic rings. The van der Waals surface area contributed by atoms with E-state index >= 15 is 0 Å². The number of pyridine rings is 2. The lowest BCUT2D eigenvalue weighted by Crippen LogP contribution is -2.09. The molecule has 0 saturated carbocycles. The number of hydrogen-bond acceptors (Lipinski definition) is 5. The van der Waals surface area contributed by atoms with Crippen LogP contribution in [-0.2, 0) is 26.1 Å². The minimum atomic E-state index is -0.368. The van der Waals surface area contributed by atoms with Crippen molar-refractivity contribution in [2.75, 3.05) is 0 Å². The van der Waals surface area contributed by atoms with Crippen LogP contribution in [-0.4, -0.2) is 21.2 Å². The molecule has 0 amide bonds. The van der Waals surface area contributed by atoms with E-state index in [1.165, 1.54) is 0 Å². The Labute approximate surface area is 237 Å². The van der Waals surface area contributed by atoms with Gasteiger partial charge in [-0.2, -0.15) is 0 Å². The molecule has 206 valence electrons. The van der Waals surface area contributed by atoms with Crippen molar-refractivity contribution in [2.45, 2.75) is 57.8 Å². The van der Waals surface area contributed by atoms with Crippen LogP contribution >= 0.6 is 0 Å². The van der Waals surface area contributed by atoms with Gasteiger partial charge in [0.25, 0.3) is 0 Å². The fourth-order valence-corrected chi connectivity index (χ4v) is 4.46. The van der Waals surface area contributed by atoms with Crippen molar-refractivity contribution < 1.29 is 14.6 Å². The molecule has 1 N–H and O–H groups in total. The molecule has 5 heteroatoms. The standard InChI is InChI=1S/C35H38N2O3/c1-3-27-15-19-29(20-16-27)25-39-34-13-7-23-36-32(34)11-5-9-31(38)10-6-12-33-35(14-8-24-37-33)40-26-30-21-17-28(4-2)18-22-30/h3-4,7-8,13-24,31,38H,1-2,5-6,9-12,25-26H2. The molecular formula is C35H38N2O3. The molecule has 0 saturated heterocycles. The van der Waals surface area contributed by atoms with Crippen molar-refractivity contribution in [3.8, 4) is 11.5 Å². The molecule has 0 fully saturated rings. The lowest BCUT2D eigenvalue weighted by molar-refractivity contribution is 0.149. The summed E-state index contributed by atoms with van der Waals surface area (Å²) in [6, 6.07) is 24.0. The highest BCUT2D eigenvalue weighted by molar-refractivity contribution is 5.47. The maximum absolute atomic E-state index is 10.6. The van der Waals surface area contributed by atoms with Crippen LogP contribution in [0.4, 0.5) is 0 Å². The topological polar surface area (TPSA) is 64.5 Å². The van der Waals surface area contributed by atoms with Gasteiger partial charge in [0, 0.05) is 12.4 Å². The normalized spacial score (nSPS) is 10.8. The van der Waals surface area contributed by atoms with E-state index < -0.39 is 0 Å². The van der Waals surface area contributed by atoms with Gasteiger partial charge in [-0.15, -0.1) is 0 Å². The summed E-state index contributed by atoms with van der Waals surface area (Å²) in [5, 5.41) is 10.6. The lowest BCUT2D eigenvalue weighted by atomic mass is 10.0. The summed E-state index contributed by atoms with van der Waals surface area (Å²) in [6.07, 6.45) is 11.5. The lowest BCUT2D eigenvalue weighted by Gasteiger charge is -2.14. The molecule has 4 aromatic rings. The van der Waals surface area contributed by atoms with Crippen molar-refractivity contribution in [1.29, 1.82) is 0 Å². The molecule has 0 aliphatic heterocycles. The van der Waals surface area contributed by atoms with Gasteiger partial charge >= 0.3 is 0 Å². The summed E-state index contributed by atoms with van der Waals surface area (Å²) in [6.45, 7) is 8.56. The van der Waals surface area contributed by atoms with E-state index in [1.54, 1.807) is 12.4 Å². The third-order valence-electron chi connectivity index (χ3n) is 6.82. The first-order valence-electron chi connectivity index (χ1n) is 13.9. The van der Waals surface area contributed by atoms with Crippen LogP contribution in [0.2, 0.25) is 0 Å². The number of aryl methyl sites for hydroxylation is 2. The van der Waals surface area contributed by atoms with Crippen molar-refractivity contribution >= 4 is 12.2 Å². The zero-order valence-electron chi connectivity index (χ0n) is 23.0.